The van der Waals surface area contributed by atoms with E-state index in [-0.39, 0.29) is 11.8 Å². The van der Waals surface area contributed by atoms with Crippen LogP contribution in [0.1, 0.15) is 46.8 Å². The van der Waals surface area contributed by atoms with E-state index in [1.807, 2.05) is 30.3 Å². The second-order valence-electron chi connectivity index (χ2n) is 9.56. The third-order valence-corrected chi connectivity index (χ3v) is 8.20. The molecule has 1 amide bonds. The van der Waals surface area contributed by atoms with Crippen LogP contribution in [0.25, 0.3) is 0 Å². The van der Waals surface area contributed by atoms with Gasteiger partial charge in [0.2, 0.25) is 0 Å². The van der Waals surface area contributed by atoms with E-state index in [9.17, 15) is 9.90 Å². The minimum absolute atomic E-state index is 0.0131. The van der Waals surface area contributed by atoms with Crippen LogP contribution in [-0.2, 0) is 6.42 Å². The van der Waals surface area contributed by atoms with Crippen LogP contribution in [0.2, 0.25) is 20.1 Å². The van der Waals surface area contributed by atoms with Gasteiger partial charge in [-0.25, -0.2) is 0 Å². The molecule has 37 heavy (non-hydrogen) atoms. The molecular weight excluding hydrogens is 552 g/mol. The monoisotopic (exact) mass is 579 g/mol. The molecular formula is C28H29Cl4N3O2. The lowest BCUT2D eigenvalue weighted by Crippen LogP contribution is -2.46. The molecule has 1 aliphatic heterocycles. The van der Waals surface area contributed by atoms with Crippen LogP contribution in [0.15, 0.2) is 60.8 Å². The average Bonchev–Trinajstić information content (AvgIpc) is 2.87. The lowest BCUT2D eigenvalue weighted by atomic mass is 9.86. The van der Waals surface area contributed by atoms with Crippen molar-refractivity contribution in [3.05, 3.63) is 97.7 Å². The molecule has 1 aromatic heterocycles. The van der Waals surface area contributed by atoms with E-state index >= 15 is 0 Å². The molecule has 0 bridgehead atoms. The number of carbonyl (C=O) groups excluding carboxylic acids is 1. The van der Waals surface area contributed by atoms with Crippen molar-refractivity contribution in [2.75, 3.05) is 26.2 Å². The summed E-state index contributed by atoms with van der Waals surface area (Å²) in [6.07, 6.45) is 4.49. The molecule has 5 nitrogen and oxygen atoms in total. The SMILES string of the molecule is O=C(NCC(CCN1CCC(O)(Cc2ccccn2)CC1)c1ccc(Cl)c(Cl)c1)c1ccc(Cl)cc1Cl. The van der Waals surface area contributed by atoms with Crippen molar-refractivity contribution in [1.29, 1.82) is 0 Å². The number of pyridine rings is 1. The fourth-order valence-corrected chi connectivity index (χ4v) is 5.49. The number of aliphatic hydroxyl groups is 1. The normalized spacial score (nSPS) is 16.4. The zero-order valence-corrected chi connectivity index (χ0v) is 23.3. The van der Waals surface area contributed by atoms with E-state index in [0.717, 1.165) is 37.3 Å². The van der Waals surface area contributed by atoms with Crippen LogP contribution in [0.3, 0.4) is 0 Å². The number of hydrogen-bond acceptors (Lipinski definition) is 4. The first-order valence-corrected chi connectivity index (χ1v) is 13.8. The van der Waals surface area contributed by atoms with E-state index in [4.69, 9.17) is 46.4 Å². The van der Waals surface area contributed by atoms with Crippen LogP contribution in [0.5, 0.6) is 0 Å². The maximum atomic E-state index is 12.8. The fourth-order valence-electron chi connectivity index (χ4n) is 4.69. The van der Waals surface area contributed by atoms with E-state index in [0.29, 0.717) is 51.5 Å². The van der Waals surface area contributed by atoms with Gasteiger partial charge >= 0.3 is 0 Å². The largest absolute Gasteiger partial charge is 0.389 e. The van der Waals surface area contributed by atoms with Gasteiger partial charge in [-0.05, 0) is 73.8 Å². The third kappa shape index (κ3) is 7.82. The topological polar surface area (TPSA) is 65.5 Å². The molecule has 1 saturated heterocycles. The molecule has 2 aromatic carbocycles. The highest BCUT2D eigenvalue weighted by Gasteiger charge is 2.33. The number of nitrogens with one attached hydrogen (secondary N) is 1. The lowest BCUT2D eigenvalue weighted by molar-refractivity contribution is -0.0217. The summed E-state index contributed by atoms with van der Waals surface area (Å²) in [4.78, 5) is 19.6. The van der Waals surface area contributed by atoms with Crippen molar-refractivity contribution in [2.45, 2.75) is 37.2 Å². The molecule has 2 heterocycles. The van der Waals surface area contributed by atoms with Gasteiger partial charge in [0.1, 0.15) is 0 Å². The van der Waals surface area contributed by atoms with Crippen molar-refractivity contribution in [2.24, 2.45) is 0 Å². The Hall–Kier alpha value is -1.86. The summed E-state index contributed by atoms with van der Waals surface area (Å²) < 4.78 is 0. The van der Waals surface area contributed by atoms with Gasteiger partial charge in [-0.15, -0.1) is 0 Å². The first kappa shape index (κ1) is 28.2. The van der Waals surface area contributed by atoms with Gasteiger partial charge in [0.25, 0.3) is 5.91 Å². The van der Waals surface area contributed by atoms with Crippen LogP contribution >= 0.6 is 46.4 Å². The molecule has 1 atom stereocenters. The molecule has 9 heteroatoms. The number of aromatic nitrogens is 1. The van der Waals surface area contributed by atoms with Gasteiger partial charge in [0, 0.05) is 48.9 Å². The van der Waals surface area contributed by atoms with Gasteiger partial charge in [0.05, 0.1) is 26.2 Å². The summed E-state index contributed by atoms with van der Waals surface area (Å²) in [7, 11) is 0. The zero-order chi connectivity index (χ0) is 26.4. The van der Waals surface area contributed by atoms with Gasteiger partial charge in [-0.3, -0.25) is 9.78 Å². The number of likely N-dealkylation sites (tertiary alicyclic amines) is 1. The van der Waals surface area contributed by atoms with Gasteiger partial charge in [-0.1, -0.05) is 58.5 Å². The highest BCUT2D eigenvalue weighted by atomic mass is 35.5. The molecule has 1 aliphatic rings. The molecule has 0 radical (unpaired) electrons. The highest BCUT2D eigenvalue weighted by Crippen LogP contribution is 2.30. The van der Waals surface area contributed by atoms with Crippen molar-refractivity contribution in [1.82, 2.24) is 15.2 Å². The predicted octanol–water partition coefficient (Wildman–Crippen LogP) is 6.67. The number of nitrogens with zero attached hydrogens (tertiary/aromatic N) is 2. The molecule has 196 valence electrons. The Morgan fingerprint density at radius 3 is 2.46 bits per heavy atom. The van der Waals surface area contributed by atoms with E-state index in [1.165, 1.54) is 0 Å². The molecule has 1 unspecified atom stereocenters. The van der Waals surface area contributed by atoms with E-state index in [2.05, 4.69) is 15.2 Å². The second-order valence-corrected chi connectivity index (χ2v) is 11.2. The first-order chi connectivity index (χ1) is 17.7. The molecule has 3 aromatic rings. The van der Waals surface area contributed by atoms with Crippen molar-refractivity contribution in [3.63, 3.8) is 0 Å². The summed E-state index contributed by atoms with van der Waals surface area (Å²) in [5, 5.41) is 15.9. The number of benzene rings is 2. The van der Waals surface area contributed by atoms with Crippen molar-refractivity contribution in [3.8, 4) is 0 Å². The summed E-state index contributed by atoms with van der Waals surface area (Å²) in [5.74, 6) is -0.247. The number of amides is 1. The number of rotatable bonds is 9. The number of piperidine rings is 1. The maximum absolute atomic E-state index is 12.8. The number of carbonyl (C=O) groups is 1. The Morgan fingerprint density at radius 2 is 1.78 bits per heavy atom. The molecule has 0 spiro atoms. The second kappa shape index (κ2) is 12.8. The summed E-state index contributed by atoms with van der Waals surface area (Å²) >= 11 is 24.6. The third-order valence-electron chi connectivity index (χ3n) is 6.92. The average molecular weight is 581 g/mol. The van der Waals surface area contributed by atoms with Crippen molar-refractivity contribution < 1.29 is 9.90 Å². The van der Waals surface area contributed by atoms with Crippen LogP contribution in [0.4, 0.5) is 0 Å². The Kier molecular flexibility index (Phi) is 9.73. The lowest BCUT2D eigenvalue weighted by Gasteiger charge is -2.38. The Labute approximate surface area is 237 Å². The van der Waals surface area contributed by atoms with E-state index in [1.54, 1.807) is 30.5 Å². The van der Waals surface area contributed by atoms with Gasteiger partial charge in [0.15, 0.2) is 0 Å². The molecule has 1 fully saturated rings. The smallest absolute Gasteiger partial charge is 0.252 e. The first-order valence-electron chi connectivity index (χ1n) is 12.3. The highest BCUT2D eigenvalue weighted by molar-refractivity contribution is 6.42. The quantitative estimate of drug-likeness (QED) is 0.297. The van der Waals surface area contributed by atoms with E-state index < -0.39 is 5.60 Å². The van der Waals surface area contributed by atoms with Gasteiger partial charge in [-0.2, -0.15) is 0 Å². The summed E-state index contributed by atoms with van der Waals surface area (Å²) in [6, 6.07) is 16.2. The van der Waals surface area contributed by atoms with Crippen molar-refractivity contribution >= 4 is 52.3 Å². The number of halogens is 4. The molecule has 2 N–H and O–H groups in total. The van der Waals surface area contributed by atoms with Gasteiger partial charge < -0.3 is 15.3 Å². The maximum Gasteiger partial charge on any atom is 0.252 e. The number of hydrogen-bond donors (Lipinski definition) is 2. The Morgan fingerprint density at radius 1 is 1.00 bits per heavy atom. The van der Waals surface area contributed by atoms with Crippen LogP contribution < -0.4 is 5.32 Å². The Bertz CT molecular complexity index is 1220. The predicted molar refractivity (Wildman–Crippen MR) is 151 cm³/mol. The fraction of sp³-hybridized carbons (Fsp3) is 0.357. The van der Waals surface area contributed by atoms with Crippen LogP contribution in [0, 0.1) is 0 Å². The zero-order valence-electron chi connectivity index (χ0n) is 20.3. The van der Waals surface area contributed by atoms with Crippen LogP contribution in [-0.4, -0.2) is 52.7 Å². The molecule has 0 saturated carbocycles. The summed E-state index contributed by atoms with van der Waals surface area (Å²) in [6.45, 7) is 2.82. The molecule has 4 rings (SSSR count). The standard InChI is InChI=1S/C28H29Cl4N3O2/c29-21-5-6-23(25(31)16-21)27(36)34-18-20(19-4-7-24(30)26(32)15-19)8-12-35-13-9-28(37,10-14-35)17-22-3-1-2-11-33-22/h1-7,11,15-16,20,37H,8-10,12-14,17-18H2,(H,34,36). The summed E-state index contributed by atoms with van der Waals surface area (Å²) in [5.41, 5.74) is 1.55. The Balaban J connectivity index is 1.37. The minimum atomic E-state index is -0.736. The minimum Gasteiger partial charge on any atom is -0.389 e. The molecule has 0 aliphatic carbocycles.